The van der Waals surface area contributed by atoms with Crippen LogP contribution in [-0.4, -0.2) is 73.1 Å². The molecule has 5 rings (SSSR count). The molecule has 2 aromatic carbocycles. The van der Waals surface area contributed by atoms with Gasteiger partial charge >= 0.3 is 6.03 Å². The van der Waals surface area contributed by atoms with E-state index in [-0.39, 0.29) is 44.4 Å². The van der Waals surface area contributed by atoms with Gasteiger partial charge in [0.05, 0.1) is 5.75 Å². The standard InChI is InChI=1S/C24H26N4O5S/c29-21(26-12-14-27(15-13-26)34(32,33)17-18-6-2-1-3-7-18)16-28-22(30)24(25-23(28)31)11-10-19-8-4-5-9-20(19)24/h1-9H,10-17H2,(H,25,31)/t24-/m0/s1. The van der Waals surface area contributed by atoms with Crippen molar-refractivity contribution in [2.24, 2.45) is 0 Å². The van der Waals surface area contributed by atoms with Crippen molar-refractivity contribution in [1.82, 2.24) is 19.4 Å². The van der Waals surface area contributed by atoms with E-state index < -0.39 is 27.5 Å². The summed E-state index contributed by atoms with van der Waals surface area (Å²) in [6, 6.07) is 15.9. The minimum Gasteiger partial charge on any atom is -0.338 e. The van der Waals surface area contributed by atoms with Gasteiger partial charge in [0, 0.05) is 26.2 Å². The molecule has 178 valence electrons. The number of benzene rings is 2. The third-order valence-corrected chi connectivity index (χ3v) is 8.74. The monoisotopic (exact) mass is 482 g/mol. The van der Waals surface area contributed by atoms with Crippen LogP contribution < -0.4 is 5.32 Å². The fraction of sp³-hybridized carbons (Fsp3) is 0.375. The van der Waals surface area contributed by atoms with Crippen LogP contribution in [0.3, 0.4) is 0 Å². The second-order valence-corrected chi connectivity index (χ2v) is 10.9. The number of hydrogen-bond acceptors (Lipinski definition) is 5. The van der Waals surface area contributed by atoms with Crippen molar-refractivity contribution >= 4 is 27.9 Å². The molecule has 34 heavy (non-hydrogen) atoms. The fourth-order valence-corrected chi connectivity index (χ4v) is 6.58. The van der Waals surface area contributed by atoms with Crippen molar-refractivity contribution in [3.63, 3.8) is 0 Å². The van der Waals surface area contributed by atoms with Crippen molar-refractivity contribution in [1.29, 1.82) is 0 Å². The third kappa shape index (κ3) is 3.86. The number of imide groups is 1. The van der Waals surface area contributed by atoms with E-state index in [1.54, 1.807) is 24.3 Å². The minimum absolute atomic E-state index is 0.0895. The Morgan fingerprint density at radius 3 is 2.35 bits per heavy atom. The van der Waals surface area contributed by atoms with E-state index in [2.05, 4.69) is 5.32 Å². The first-order chi connectivity index (χ1) is 16.3. The summed E-state index contributed by atoms with van der Waals surface area (Å²) in [6.45, 7) is 0.428. The minimum atomic E-state index is -3.50. The lowest BCUT2D eigenvalue weighted by molar-refractivity contribution is -0.139. The summed E-state index contributed by atoms with van der Waals surface area (Å²) in [6.07, 6.45) is 1.16. The summed E-state index contributed by atoms with van der Waals surface area (Å²) in [5.41, 5.74) is 1.43. The van der Waals surface area contributed by atoms with Gasteiger partial charge < -0.3 is 10.2 Å². The van der Waals surface area contributed by atoms with Gasteiger partial charge in [-0.25, -0.2) is 13.2 Å². The molecule has 4 amide bonds. The van der Waals surface area contributed by atoms with E-state index in [9.17, 15) is 22.8 Å². The molecule has 0 unspecified atom stereocenters. The van der Waals surface area contributed by atoms with Gasteiger partial charge in [0.2, 0.25) is 15.9 Å². The van der Waals surface area contributed by atoms with Crippen molar-refractivity contribution < 1.29 is 22.8 Å². The molecule has 2 heterocycles. The number of rotatable bonds is 5. The summed E-state index contributed by atoms with van der Waals surface area (Å²) in [4.78, 5) is 41.4. The second kappa shape index (κ2) is 8.52. The van der Waals surface area contributed by atoms with Crippen molar-refractivity contribution in [2.45, 2.75) is 24.1 Å². The lowest BCUT2D eigenvalue weighted by Crippen LogP contribution is -2.53. The van der Waals surface area contributed by atoms with Gasteiger partial charge in [-0.3, -0.25) is 14.5 Å². The van der Waals surface area contributed by atoms with Crippen LogP contribution >= 0.6 is 0 Å². The lowest BCUT2D eigenvalue weighted by atomic mass is 9.92. The highest BCUT2D eigenvalue weighted by Gasteiger charge is 2.55. The van der Waals surface area contributed by atoms with Crippen LogP contribution in [0.2, 0.25) is 0 Å². The van der Waals surface area contributed by atoms with Crippen LogP contribution in [0, 0.1) is 0 Å². The van der Waals surface area contributed by atoms with E-state index >= 15 is 0 Å². The maximum Gasteiger partial charge on any atom is 0.325 e. The molecule has 1 atom stereocenters. The number of piperazine rings is 1. The Labute approximate surface area is 198 Å². The molecule has 2 aliphatic heterocycles. The zero-order chi connectivity index (χ0) is 23.9. The lowest BCUT2D eigenvalue weighted by Gasteiger charge is -2.34. The van der Waals surface area contributed by atoms with Gasteiger partial charge in [-0.05, 0) is 29.5 Å². The Morgan fingerprint density at radius 2 is 1.62 bits per heavy atom. The van der Waals surface area contributed by atoms with Crippen LogP contribution in [0.25, 0.3) is 0 Å². The number of nitrogens with one attached hydrogen (secondary N) is 1. The molecule has 9 nitrogen and oxygen atoms in total. The zero-order valence-corrected chi connectivity index (χ0v) is 19.5. The summed E-state index contributed by atoms with van der Waals surface area (Å²) < 4.78 is 26.9. The maximum absolute atomic E-state index is 13.3. The number of hydrogen-bond donors (Lipinski definition) is 1. The molecular formula is C24H26N4O5S. The van der Waals surface area contributed by atoms with Gasteiger partial charge in [0.25, 0.3) is 5.91 Å². The van der Waals surface area contributed by atoms with E-state index in [1.807, 2.05) is 30.3 Å². The highest BCUT2D eigenvalue weighted by atomic mass is 32.2. The quantitative estimate of drug-likeness (QED) is 0.642. The summed E-state index contributed by atoms with van der Waals surface area (Å²) >= 11 is 0. The van der Waals surface area contributed by atoms with E-state index in [4.69, 9.17) is 0 Å². The Balaban J connectivity index is 1.21. The van der Waals surface area contributed by atoms with Crippen LogP contribution in [-0.2, 0) is 37.3 Å². The Kier molecular flexibility index (Phi) is 5.65. The molecule has 0 bridgehead atoms. The Bertz CT molecular complexity index is 1240. The summed E-state index contributed by atoms with van der Waals surface area (Å²) in [5, 5.41) is 2.82. The topological polar surface area (TPSA) is 107 Å². The number of sulfonamides is 1. The molecule has 0 radical (unpaired) electrons. The van der Waals surface area contributed by atoms with Gasteiger partial charge in [-0.1, -0.05) is 54.6 Å². The number of aryl methyl sites for hydroxylation is 1. The molecule has 2 saturated heterocycles. The van der Waals surface area contributed by atoms with Crippen LogP contribution in [0.15, 0.2) is 54.6 Å². The predicted octanol–water partition coefficient (Wildman–Crippen LogP) is 1.05. The van der Waals surface area contributed by atoms with Gasteiger partial charge in [-0.2, -0.15) is 4.31 Å². The van der Waals surface area contributed by atoms with E-state index in [1.165, 1.54) is 9.21 Å². The second-order valence-electron chi connectivity index (χ2n) is 8.91. The molecule has 0 aromatic heterocycles. The fourth-order valence-electron chi connectivity index (χ4n) is 5.06. The number of urea groups is 1. The van der Waals surface area contributed by atoms with Crippen molar-refractivity contribution in [2.75, 3.05) is 32.7 Å². The molecule has 1 N–H and O–H groups in total. The number of fused-ring (bicyclic) bond motifs is 2. The van der Waals surface area contributed by atoms with Crippen LogP contribution in [0.5, 0.6) is 0 Å². The average molecular weight is 483 g/mol. The number of amides is 4. The van der Waals surface area contributed by atoms with Gasteiger partial charge in [-0.15, -0.1) is 0 Å². The van der Waals surface area contributed by atoms with E-state index in [0.29, 0.717) is 18.4 Å². The van der Waals surface area contributed by atoms with Crippen molar-refractivity contribution in [3.8, 4) is 0 Å². The number of carbonyl (C=O) groups excluding carboxylic acids is 3. The molecule has 1 spiro atoms. The summed E-state index contributed by atoms with van der Waals surface area (Å²) in [5.74, 6) is -0.861. The molecule has 0 saturated carbocycles. The maximum atomic E-state index is 13.3. The third-order valence-electron chi connectivity index (χ3n) is 6.89. The zero-order valence-electron chi connectivity index (χ0n) is 18.6. The highest BCUT2D eigenvalue weighted by molar-refractivity contribution is 7.88. The van der Waals surface area contributed by atoms with Crippen LogP contribution in [0.1, 0.15) is 23.1 Å². The average Bonchev–Trinajstić information content (AvgIpc) is 3.32. The SMILES string of the molecule is O=C(CN1C(=O)N[C@]2(CCc3ccccc32)C1=O)N1CCN(S(=O)(=O)Cc2ccccc2)CC1. The first kappa shape index (κ1) is 22.5. The normalized spacial score (nSPS) is 22.8. The molecule has 10 heteroatoms. The smallest absolute Gasteiger partial charge is 0.325 e. The molecule has 2 aromatic rings. The van der Waals surface area contributed by atoms with Gasteiger partial charge in [0.15, 0.2) is 0 Å². The highest BCUT2D eigenvalue weighted by Crippen LogP contribution is 2.41. The Hall–Kier alpha value is -3.24. The predicted molar refractivity (Wildman–Crippen MR) is 124 cm³/mol. The Morgan fingerprint density at radius 1 is 0.941 bits per heavy atom. The van der Waals surface area contributed by atoms with Crippen molar-refractivity contribution in [3.05, 3.63) is 71.3 Å². The first-order valence-corrected chi connectivity index (χ1v) is 12.9. The summed E-state index contributed by atoms with van der Waals surface area (Å²) in [7, 11) is -3.50. The number of carbonyl (C=O) groups is 3. The molecule has 1 aliphatic carbocycles. The molecular weight excluding hydrogens is 456 g/mol. The van der Waals surface area contributed by atoms with Gasteiger partial charge in [0.1, 0.15) is 12.1 Å². The molecule has 3 aliphatic rings. The van der Waals surface area contributed by atoms with E-state index in [0.717, 1.165) is 16.0 Å². The largest absolute Gasteiger partial charge is 0.338 e. The first-order valence-electron chi connectivity index (χ1n) is 11.3. The molecule has 2 fully saturated rings. The van der Waals surface area contributed by atoms with Crippen LogP contribution in [0.4, 0.5) is 4.79 Å². The number of nitrogens with zero attached hydrogens (tertiary/aromatic N) is 3.